The van der Waals surface area contributed by atoms with E-state index in [0.29, 0.717) is 18.5 Å². The molecule has 2 amide bonds. The van der Waals surface area contributed by atoms with E-state index in [0.717, 1.165) is 11.8 Å². The van der Waals surface area contributed by atoms with E-state index in [4.69, 9.17) is 9.94 Å². The molecule has 0 spiro atoms. The molecule has 1 aromatic carbocycles. The minimum absolute atomic E-state index is 0.0604. The summed E-state index contributed by atoms with van der Waals surface area (Å²) in [7, 11) is -3.90. The van der Waals surface area contributed by atoms with Crippen molar-refractivity contribution in [3.63, 3.8) is 0 Å². The number of benzene rings is 1. The van der Waals surface area contributed by atoms with E-state index >= 15 is 0 Å². The Kier molecular flexibility index (Phi) is 6.06. The highest BCUT2D eigenvalue weighted by molar-refractivity contribution is 7.92. The molecule has 1 aliphatic heterocycles. The summed E-state index contributed by atoms with van der Waals surface area (Å²) in [5.41, 5.74) is 2.08. The summed E-state index contributed by atoms with van der Waals surface area (Å²) in [6, 6.07) is 6.95. The van der Waals surface area contributed by atoms with Gasteiger partial charge in [-0.3, -0.25) is 14.9 Å². The number of carbonyl (C=O) groups excluding carboxylic acids is 2. The lowest BCUT2D eigenvalue weighted by molar-refractivity contribution is -0.132. The van der Waals surface area contributed by atoms with Gasteiger partial charge in [0.15, 0.2) is 14.6 Å². The molecule has 2 fully saturated rings. The molecule has 2 aliphatic rings. The van der Waals surface area contributed by atoms with Gasteiger partial charge in [-0.1, -0.05) is 11.8 Å². The van der Waals surface area contributed by atoms with E-state index in [1.165, 1.54) is 17.3 Å². The lowest BCUT2D eigenvalue weighted by Crippen LogP contribution is -2.51. The van der Waals surface area contributed by atoms with Gasteiger partial charge >= 0.3 is 6.09 Å². The Bertz CT molecular complexity index is 1030. The van der Waals surface area contributed by atoms with Crippen molar-refractivity contribution in [1.82, 2.24) is 5.48 Å². The van der Waals surface area contributed by atoms with E-state index in [-0.39, 0.29) is 18.9 Å². The Balaban J connectivity index is 1.68. The van der Waals surface area contributed by atoms with Crippen LogP contribution in [0.5, 0.6) is 0 Å². The number of amides is 2. The third-order valence-electron chi connectivity index (χ3n) is 5.86. The molecular weight excluding hydrogens is 424 g/mol. The summed E-state index contributed by atoms with van der Waals surface area (Å²) in [6.45, 7) is 3.03. The van der Waals surface area contributed by atoms with Crippen LogP contribution in [0.15, 0.2) is 24.3 Å². The van der Waals surface area contributed by atoms with Gasteiger partial charge in [0.1, 0.15) is 6.10 Å². The normalized spacial score (nSPS) is 27.4. The fourth-order valence-corrected chi connectivity index (χ4v) is 4.69. The fourth-order valence-electron chi connectivity index (χ4n) is 3.82. The number of hydrogen-bond donors (Lipinski definition) is 3. The molecule has 3 N–H and O–H groups in total. The minimum Gasteiger partial charge on any atom is -0.444 e. The van der Waals surface area contributed by atoms with Crippen molar-refractivity contribution in [3.05, 3.63) is 29.8 Å². The van der Waals surface area contributed by atoms with Gasteiger partial charge in [-0.2, -0.15) is 0 Å². The molecule has 1 saturated carbocycles. The van der Waals surface area contributed by atoms with Gasteiger partial charge in [0.25, 0.3) is 5.91 Å². The van der Waals surface area contributed by atoms with Gasteiger partial charge < -0.3 is 9.84 Å². The predicted octanol–water partition coefficient (Wildman–Crippen LogP) is 1.22. The second-order valence-electron chi connectivity index (χ2n) is 8.68. The first-order valence-corrected chi connectivity index (χ1v) is 11.7. The monoisotopic (exact) mass is 450 g/mol. The summed E-state index contributed by atoms with van der Waals surface area (Å²) in [5.74, 6) is 5.27. The summed E-state index contributed by atoms with van der Waals surface area (Å²) in [5, 5.41) is 18.7. The number of sulfone groups is 1. The third kappa shape index (κ3) is 4.84. The van der Waals surface area contributed by atoms with Crippen molar-refractivity contribution in [2.45, 2.75) is 49.6 Å². The summed E-state index contributed by atoms with van der Waals surface area (Å²) < 4.78 is 27.6. The highest BCUT2D eigenvalue weighted by Gasteiger charge is 2.48. The number of rotatable bonds is 5. The molecule has 0 bridgehead atoms. The summed E-state index contributed by atoms with van der Waals surface area (Å²) in [4.78, 5) is 25.7. The van der Waals surface area contributed by atoms with Crippen molar-refractivity contribution in [2.75, 3.05) is 17.7 Å². The van der Waals surface area contributed by atoms with Gasteiger partial charge in [0, 0.05) is 29.8 Å². The Morgan fingerprint density at radius 3 is 2.48 bits per heavy atom. The fraction of sp³-hybridized carbons (Fsp3) is 0.524. The SMILES string of the molecule is CC1(O)CC(C#Cc2ccc(N3C[C@H](C[C@](C)(C(=O)NO)S(C)(=O)=O)OC3=O)cc2)C1. The van der Waals surface area contributed by atoms with Crippen LogP contribution in [-0.2, 0) is 19.4 Å². The van der Waals surface area contributed by atoms with Crippen molar-refractivity contribution in [2.24, 2.45) is 5.92 Å². The molecule has 1 aromatic rings. The maximum Gasteiger partial charge on any atom is 0.414 e. The Labute approximate surface area is 181 Å². The molecule has 1 aliphatic carbocycles. The summed E-state index contributed by atoms with van der Waals surface area (Å²) >= 11 is 0. The number of anilines is 1. The van der Waals surface area contributed by atoms with Gasteiger partial charge in [0.2, 0.25) is 0 Å². The number of carbonyl (C=O) groups is 2. The van der Waals surface area contributed by atoms with Gasteiger partial charge in [-0.05, 0) is 51.0 Å². The average molecular weight is 451 g/mol. The number of cyclic esters (lactones) is 1. The van der Waals surface area contributed by atoms with Crippen molar-refractivity contribution in [3.8, 4) is 11.8 Å². The van der Waals surface area contributed by atoms with E-state index in [1.807, 2.05) is 0 Å². The molecule has 1 heterocycles. The van der Waals surface area contributed by atoms with Gasteiger partial charge in [0.05, 0.1) is 12.1 Å². The lowest BCUT2D eigenvalue weighted by Gasteiger charge is -2.37. The van der Waals surface area contributed by atoms with Crippen molar-refractivity contribution >= 4 is 27.5 Å². The van der Waals surface area contributed by atoms with Crippen LogP contribution >= 0.6 is 0 Å². The highest BCUT2D eigenvalue weighted by Crippen LogP contribution is 2.36. The van der Waals surface area contributed by atoms with Crippen LogP contribution in [0, 0.1) is 17.8 Å². The lowest BCUT2D eigenvalue weighted by atomic mass is 9.72. The number of hydroxylamine groups is 1. The predicted molar refractivity (Wildman–Crippen MR) is 112 cm³/mol. The first-order valence-electron chi connectivity index (χ1n) is 9.81. The second-order valence-corrected chi connectivity index (χ2v) is 11.1. The topological polar surface area (TPSA) is 133 Å². The maximum absolute atomic E-state index is 12.3. The van der Waals surface area contributed by atoms with E-state index in [2.05, 4.69) is 11.8 Å². The molecule has 0 radical (unpaired) electrons. The molecule has 9 nitrogen and oxygen atoms in total. The Morgan fingerprint density at radius 2 is 1.97 bits per heavy atom. The zero-order chi connectivity index (χ0) is 23.0. The van der Waals surface area contributed by atoms with Gasteiger partial charge in [-0.15, -0.1) is 0 Å². The largest absolute Gasteiger partial charge is 0.444 e. The molecule has 0 unspecified atom stereocenters. The third-order valence-corrected chi connectivity index (χ3v) is 7.85. The van der Waals surface area contributed by atoms with Crippen molar-refractivity contribution < 1.29 is 33.1 Å². The number of hydrogen-bond acceptors (Lipinski definition) is 7. The van der Waals surface area contributed by atoms with Crippen LogP contribution in [0.25, 0.3) is 0 Å². The smallest absolute Gasteiger partial charge is 0.414 e. The van der Waals surface area contributed by atoms with Gasteiger partial charge in [-0.25, -0.2) is 18.7 Å². The molecule has 3 rings (SSSR count). The first kappa shape index (κ1) is 23.1. The van der Waals surface area contributed by atoms with E-state index in [1.54, 1.807) is 31.2 Å². The Hall–Kier alpha value is -2.61. The quantitative estimate of drug-likeness (QED) is 0.349. The van der Waals surface area contributed by atoms with Crippen LogP contribution in [0.2, 0.25) is 0 Å². The van der Waals surface area contributed by atoms with Crippen LogP contribution in [0.4, 0.5) is 10.5 Å². The summed E-state index contributed by atoms with van der Waals surface area (Å²) in [6.07, 6.45) is 0.395. The number of ether oxygens (including phenoxy) is 1. The number of aliphatic hydroxyl groups is 1. The maximum atomic E-state index is 12.3. The molecule has 1 saturated heterocycles. The molecule has 2 atom stereocenters. The standard InChI is InChI=1S/C21H26N2O7S/c1-20(26)10-15(11-20)5-4-14-6-8-16(9-7-14)23-13-17(30-19(23)25)12-21(2,18(24)22-27)31(3,28)29/h6-9,15,17,26-27H,10-13H2,1-3H3,(H,22,24)/t15?,17-,20?,21+/m0/s1. The molecule has 10 heteroatoms. The Morgan fingerprint density at radius 1 is 1.35 bits per heavy atom. The average Bonchev–Trinajstić information content (AvgIpc) is 3.03. The van der Waals surface area contributed by atoms with E-state index < -0.39 is 38.3 Å². The van der Waals surface area contributed by atoms with Crippen LogP contribution in [-0.4, -0.2) is 60.0 Å². The molecule has 168 valence electrons. The van der Waals surface area contributed by atoms with Crippen LogP contribution in [0.1, 0.15) is 38.7 Å². The first-order chi connectivity index (χ1) is 14.3. The van der Waals surface area contributed by atoms with E-state index in [9.17, 15) is 23.1 Å². The number of nitrogens with zero attached hydrogens (tertiary/aromatic N) is 1. The van der Waals surface area contributed by atoms with Crippen LogP contribution < -0.4 is 10.4 Å². The van der Waals surface area contributed by atoms with Crippen molar-refractivity contribution in [1.29, 1.82) is 0 Å². The van der Waals surface area contributed by atoms with Crippen LogP contribution in [0.3, 0.4) is 0 Å². The minimum atomic E-state index is -3.90. The molecule has 31 heavy (non-hydrogen) atoms. The zero-order valence-electron chi connectivity index (χ0n) is 17.6. The number of nitrogens with one attached hydrogen (secondary N) is 1. The second kappa shape index (κ2) is 8.15. The molecular formula is C21H26N2O7S. The molecule has 0 aromatic heterocycles. The highest BCUT2D eigenvalue weighted by atomic mass is 32.2. The zero-order valence-corrected chi connectivity index (χ0v) is 18.4.